The van der Waals surface area contributed by atoms with Crippen molar-refractivity contribution in [3.05, 3.63) is 11.4 Å². The van der Waals surface area contributed by atoms with Crippen LogP contribution in [0.5, 0.6) is 0 Å². The summed E-state index contributed by atoms with van der Waals surface area (Å²) in [5, 5.41) is 7.06. The van der Waals surface area contributed by atoms with Crippen LogP contribution in [0.1, 0.15) is 25.2 Å². The summed E-state index contributed by atoms with van der Waals surface area (Å²) >= 11 is 0. The molecule has 16 heavy (non-hydrogen) atoms. The Labute approximate surface area is 96.0 Å². The summed E-state index contributed by atoms with van der Waals surface area (Å²) in [5.74, 6) is -0.0357. The lowest BCUT2D eigenvalue weighted by Gasteiger charge is -2.15. The van der Waals surface area contributed by atoms with Crippen molar-refractivity contribution in [2.45, 2.75) is 33.7 Å². The van der Waals surface area contributed by atoms with Crippen LogP contribution in [0.3, 0.4) is 0 Å². The van der Waals surface area contributed by atoms with Crippen LogP contribution in [-0.2, 0) is 11.8 Å². The quantitative estimate of drug-likeness (QED) is 0.803. The van der Waals surface area contributed by atoms with Crippen molar-refractivity contribution in [2.75, 3.05) is 5.32 Å². The molecule has 0 aromatic carbocycles. The fraction of sp³-hybridized carbons (Fsp3) is 0.636. The monoisotopic (exact) mass is 224 g/mol. The highest BCUT2D eigenvalue weighted by Gasteiger charge is 2.20. The minimum absolute atomic E-state index is 0.122. The van der Waals surface area contributed by atoms with Crippen LogP contribution in [-0.4, -0.2) is 21.7 Å². The summed E-state index contributed by atoms with van der Waals surface area (Å²) in [6, 6.07) is -0.487. The summed E-state index contributed by atoms with van der Waals surface area (Å²) in [6.07, 6.45) is 0. The minimum Gasteiger partial charge on any atom is -0.322 e. The number of rotatable bonds is 3. The Bertz CT molecular complexity index is 395. The van der Waals surface area contributed by atoms with Crippen LogP contribution in [0.15, 0.2) is 0 Å². The molecule has 1 amide bonds. The fourth-order valence-corrected chi connectivity index (χ4v) is 1.46. The average molecular weight is 224 g/mol. The molecule has 0 bridgehead atoms. The molecule has 1 heterocycles. The van der Waals surface area contributed by atoms with E-state index >= 15 is 0 Å². The van der Waals surface area contributed by atoms with Crippen molar-refractivity contribution in [3.63, 3.8) is 0 Å². The molecule has 0 spiro atoms. The Morgan fingerprint density at radius 1 is 1.44 bits per heavy atom. The molecule has 1 atom stereocenters. The number of hydrogen-bond acceptors (Lipinski definition) is 3. The van der Waals surface area contributed by atoms with Gasteiger partial charge in [0.25, 0.3) is 0 Å². The number of nitrogens with zero attached hydrogens (tertiary/aromatic N) is 2. The summed E-state index contributed by atoms with van der Waals surface area (Å²) in [4.78, 5) is 11.8. The highest BCUT2D eigenvalue weighted by atomic mass is 16.2. The van der Waals surface area contributed by atoms with E-state index in [9.17, 15) is 4.79 Å². The van der Waals surface area contributed by atoms with Crippen molar-refractivity contribution in [1.82, 2.24) is 9.78 Å². The molecule has 0 radical (unpaired) electrons. The van der Waals surface area contributed by atoms with Crippen molar-refractivity contribution < 1.29 is 4.79 Å². The summed E-state index contributed by atoms with van der Waals surface area (Å²) < 4.78 is 1.74. The SMILES string of the molecule is Cc1nn(C)c(C)c1NC(=O)[C@H](N)C(C)C. The maximum atomic E-state index is 11.8. The predicted octanol–water partition coefficient (Wildman–Crippen LogP) is 0.959. The lowest BCUT2D eigenvalue weighted by atomic mass is 10.0. The number of anilines is 1. The first-order chi connectivity index (χ1) is 7.34. The number of aromatic nitrogens is 2. The van der Waals surface area contributed by atoms with Crippen LogP contribution in [0, 0.1) is 19.8 Å². The Balaban J connectivity index is 2.85. The number of carbonyl (C=O) groups is 1. The van der Waals surface area contributed by atoms with E-state index in [1.807, 2.05) is 34.7 Å². The molecule has 0 unspecified atom stereocenters. The van der Waals surface area contributed by atoms with Crippen LogP contribution in [0.2, 0.25) is 0 Å². The van der Waals surface area contributed by atoms with Crippen molar-refractivity contribution in [1.29, 1.82) is 0 Å². The Morgan fingerprint density at radius 2 is 2.00 bits per heavy atom. The molecule has 0 aliphatic carbocycles. The maximum Gasteiger partial charge on any atom is 0.241 e. The molecule has 1 aromatic heterocycles. The highest BCUT2D eigenvalue weighted by molar-refractivity contribution is 5.95. The third-order valence-electron chi connectivity index (χ3n) is 2.78. The molecule has 0 fully saturated rings. The van der Waals surface area contributed by atoms with Crippen LogP contribution < -0.4 is 11.1 Å². The molecular weight excluding hydrogens is 204 g/mol. The lowest BCUT2D eigenvalue weighted by Crippen LogP contribution is -2.39. The average Bonchev–Trinajstić information content (AvgIpc) is 2.43. The van der Waals surface area contributed by atoms with Gasteiger partial charge in [0.15, 0.2) is 0 Å². The molecule has 0 aliphatic heterocycles. The van der Waals surface area contributed by atoms with E-state index in [4.69, 9.17) is 5.73 Å². The van der Waals surface area contributed by atoms with E-state index in [1.54, 1.807) is 4.68 Å². The van der Waals surface area contributed by atoms with E-state index in [1.165, 1.54) is 0 Å². The molecule has 0 saturated carbocycles. The third kappa shape index (κ3) is 2.41. The molecule has 0 aliphatic rings. The van der Waals surface area contributed by atoms with Gasteiger partial charge in [-0.05, 0) is 19.8 Å². The number of amides is 1. The first-order valence-corrected chi connectivity index (χ1v) is 5.41. The first kappa shape index (κ1) is 12.7. The molecule has 5 heteroatoms. The van der Waals surface area contributed by atoms with Gasteiger partial charge in [0.2, 0.25) is 5.91 Å². The minimum atomic E-state index is -0.487. The maximum absolute atomic E-state index is 11.8. The summed E-state index contributed by atoms with van der Waals surface area (Å²) in [5.41, 5.74) is 8.28. The van der Waals surface area contributed by atoms with Gasteiger partial charge in [-0.15, -0.1) is 0 Å². The van der Waals surface area contributed by atoms with Crippen molar-refractivity contribution >= 4 is 11.6 Å². The van der Waals surface area contributed by atoms with E-state index in [0.717, 1.165) is 17.1 Å². The zero-order chi connectivity index (χ0) is 12.5. The normalized spacial score (nSPS) is 12.9. The molecule has 1 aromatic rings. The largest absolute Gasteiger partial charge is 0.322 e. The van der Waals surface area contributed by atoms with Gasteiger partial charge in [-0.2, -0.15) is 5.10 Å². The van der Waals surface area contributed by atoms with E-state index < -0.39 is 6.04 Å². The summed E-state index contributed by atoms with van der Waals surface area (Å²) in [6.45, 7) is 7.63. The Morgan fingerprint density at radius 3 is 2.38 bits per heavy atom. The van der Waals surface area contributed by atoms with Crippen LogP contribution >= 0.6 is 0 Å². The van der Waals surface area contributed by atoms with Gasteiger partial charge in [-0.25, -0.2) is 0 Å². The van der Waals surface area contributed by atoms with Crippen LogP contribution in [0.25, 0.3) is 0 Å². The molecule has 90 valence electrons. The zero-order valence-electron chi connectivity index (χ0n) is 10.5. The number of hydrogen-bond donors (Lipinski definition) is 2. The van der Waals surface area contributed by atoms with E-state index in [0.29, 0.717) is 0 Å². The number of carbonyl (C=O) groups excluding carboxylic acids is 1. The Kier molecular flexibility index (Phi) is 3.70. The number of nitrogens with two attached hydrogens (primary N) is 1. The second-order valence-electron chi connectivity index (χ2n) is 4.43. The van der Waals surface area contributed by atoms with Crippen molar-refractivity contribution in [2.24, 2.45) is 18.7 Å². The standard InChI is InChI=1S/C11H20N4O/c1-6(2)9(12)11(16)13-10-7(3)14-15(5)8(10)4/h6,9H,12H2,1-5H3,(H,13,16)/t9-/m1/s1. The van der Waals surface area contributed by atoms with Gasteiger partial charge in [-0.3, -0.25) is 9.48 Å². The van der Waals surface area contributed by atoms with Gasteiger partial charge >= 0.3 is 0 Å². The number of nitrogens with one attached hydrogen (secondary N) is 1. The molecular formula is C11H20N4O. The smallest absolute Gasteiger partial charge is 0.241 e. The third-order valence-corrected chi connectivity index (χ3v) is 2.78. The topological polar surface area (TPSA) is 72.9 Å². The van der Waals surface area contributed by atoms with Crippen molar-refractivity contribution in [3.8, 4) is 0 Å². The molecule has 1 rings (SSSR count). The second-order valence-corrected chi connectivity index (χ2v) is 4.43. The second kappa shape index (κ2) is 4.65. The van der Waals surface area contributed by atoms with Gasteiger partial charge in [0.05, 0.1) is 23.1 Å². The zero-order valence-corrected chi connectivity index (χ0v) is 10.5. The first-order valence-electron chi connectivity index (χ1n) is 5.41. The highest BCUT2D eigenvalue weighted by Crippen LogP contribution is 2.18. The van der Waals surface area contributed by atoms with Crippen LogP contribution in [0.4, 0.5) is 5.69 Å². The summed E-state index contributed by atoms with van der Waals surface area (Å²) in [7, 11) is 1.85. The van der Waals surface area contributed by atoms with E-state index in [-0.39, 0.29) is 11.8 Å². The fourth-order valence-electron chi connectivity index (χ4n) is 1.46. The molecule has 3 N–H and O–H groups in total. The van der Waals surface area contributed by atoms with Gasteiger partial charge in [0, 0.05) is 7.05 Å². The van der Waals surface area contributed by atoms with Gasteiger partial charge in [0.1, 0.15) is 0 Å². The molecule has 0 saturated heterocycles. The van der Waals surface area contributed by atoms with E-state index in [2.05, 4.69) is 10.4 Å². The van der Waals surface area contributed by atoms with Gasteiger partial charge in [-0.1, -0.05) is 13.8 Å². The van der Waals surface area contributed by atoms with Gasteiger partial charge < -0.3 is 11.1 Å². The molecule has 5 nitrogen and oxygen atoms in total. The number of aryl methyl sites for hydroxylation is 2. The Hall–Kier alpha value is -1.36. The lowest BCUT2D eigenvalue weighted by molar-refractivity contribution is -0.118. The predicted molar refractivity (Wildman–Crippen MR) is 64.1 cm³/mol.